The van der Waals surface area contributed by atoms with Gasteiger partial charge in [-0.3, -0.25) is 19.3 Å². The number of nitrogens with one attached hydrogen (secondary N) is 1. The molecule has 1 atom stereocenters. The largest absolute Gasteiger partial charge is 0.497 e. The van der Waals surface area contributed by atoms with Crippen molar-refractivity contribution in [1.29, 1.82) is 0 Å². The molecule has 4 aromatic rings. The second kappa shape index (κ2) is 11.3. The van der Waals surface area contributed by atoms with E-state index in [9.17, 15) is 14.4 Å². The number of anilines is 2. The number of hydrogen-bond acceptors (Lipinski definition) is 9. The molecule has 12 heteroatoms. The van der Waals surface area contributed by atoms with Crippen LogP contribution >= 0.6 is 11.5 Å². The summed E-state index contributed by atoms with van der Waals surface area (Å²) in [5.74, 6) is -0.501. The van der Waals surface area contributed by atoms with E-state index in [1.165, 1.54) is 12.0 Å². The molecule has 5 N–H and O–H groups in total. The van der Waals surface area contributed by atoms with Gasteiger partial charge in [-0.05, 0) is 46.9 Å². The number of ether oxygens (including phenoxy) is 3. The van der Waals surface area contributed by atoms with Gasteiger partial charge in [0, 0.05) is 18.3 Å². The van der Waals surface area contributed by atoms with Crippen LogP contribution in [0.15, 0.2) is 72.8 Å². The van der Waals surface area contributed by atoms with Crippen molar-refractivity contribution in [3.63, 3.8) is 0 Å². The zero-order chi connectivity index (χ0) is 28.2. The smallest absolute Gasteiger partial charge is 0.273 e. The number of carbonyl (C=O) groups is 3. The minimum absolute atomic E-state index is 0.0238. The molecule has 3 aromatic carbocycles. The van der Waals surface area contributed by atoms with E-state index >= 15 is 0 Å². The van der Waals surface area contributed by atoms with E-state index in [0.29, 0.717) is 28.5 Å². The number of rotatable bonds is 9. The molecular weight excluding hydrogens is 534 g/mol. The molecule has 11 nitrogen and oxygen atoms in total. The minimum Gasteiger partial charge on any atom is -0.497 e. The normalized spacial score (nSPS) is 12.4. The molecule has 204 valence electrons. The van der Waals surface area contributed by atoms with E-state index in [1.54, 1.807) is 42.5 Å². The van der Waals surface area contributed by atoms with Gasteiger partial charge in [-0.15, -0.1) is 0 Å². The van der Waals surface area contributed by atoms with Crippen molar-refractivity contribution in [2.24, 2.45) is 5.73 Å². The van der Waals surface area contributed by atoms with Gasteiger partial charge in [0.2, 0.25) is 12.7 Å². The summed E-state index contributed by atoms with van der Waals surface area (Å²) < 4.78 is 20.2. The van der Waals surface area contributed by atoms with Crippen LogP contribution in [0.25, 0.3) is 0 Å². The number of benzene rings is 3. The highest BCUT2D eigenvalue weighted by molar-refractivity contribution is 7.09. The molecule has 1 aliphatic heterocycles. The molecule has 1 aromatic heterocycles. The van der Waals surface area contributed by atoms with E-state index in [1.807, 2.05) is 30.3 Å². The Morgan fingerprint density at radius 1 is 1.05 bits per heavy atom. The number of amides is 3. The Morgan fingerprint density at radius 3 is 2.45 bits per heavy atom. The SMILES string of the molecule is COc1ccc([C@H](C(=O)NCc2ccccc2)N(C(=O)c2snc(C(N)=O)c2N)c2ccc3c(c2)OCO3)cc1. The molecule has 0 saturated carbocycles. The Balaban J connectivity index is 1.62. The Hall–Kier alpha value is -5.10. The van der Waals surface area contributed by atoms with E-state index < -0.39 is 23.8 Å². The fraction of sp³-hybridized carbons (Fsp3) is 0.143. The van der Waals surface area contributed by atoms with E-state index in [-0.39, 0.29) is 29.6 Å². The van der Waals surface area contributed by atoms with Crippen molar-refractivity contribution in [2.75, 3.05) is 24.5 Å². The summed E-state index contributed by atoms with van der Waals surface area (Å²) in [5.41, 5.74) is 12.9. The Morgan fingerprint density at radius 2 is 1.77 bits per heavy atom. The number of carbonyl (C=O) groups excluding carboxylic acids is 3. The molecule has 0 fully saturated rings. The quantitative estimate of drug-likeness (QED) is 0.282. The van der Waals surface area contributed by atoms with Crippen LogP contribution in [0.1, 0.15) is 37.3 Å². The molecule has 0 unspecified atom stereocenters. The first kappa shape index (κ1) is 26.5. The first-order chi connectivity index (χ1) is 19.4. The third kappa shape index (κ3) is 5.24. The molecule has 1 aliphatic rings. The summed E-state index contributed by atoms with van der Waals surface area (Å²) in [6, 6.07) is 19.9. The summed E-state index contributed by atoms with van der Waals surface area (Å²) in [6.45, 7) is 0.250. The maximum absolute atomic E-state index is 14.2. The number of nitrogens with zero attached hydrogens (tertiary/aromatic N) is 2. The summed E-state index contributed by atoms with van der Waals surface area (Å²) in [6.07, 6.45) is 0. The predicted octanol–water partition coefficient (Wildman–Crippen LogP) is 3.27. The fourth-order valence-electron chi connectivity index (χ4n) is 4.24. The molecular formula is C28H25N5O6S. The summed E-state index contributed by atoms with van der Waals surface area (Å²) in [7, 11) is 1.53. The van der Waals surface area contributed by atoms with Gasteiger partial charge in [0.05, 0.1) is 12.8 Å². The lowest BCUT2D eigenvalue weighted by molar-refractivity contribution is -0.122. The van der Waals surface area contributed by atoms with Crippen molar-refractivity contribution in [1.82, 2.24) is 9.69 Å². The van der Waals surface area contributed by atoms with Gasteiger partial charge in [0.25, 0.3) is 11.8 Å². The highest BCUT2D eigenvalue weighted by atomic mass is 32.1. The van der Waals surface area contributed by atoms with Crippen LogP contribution in [0.2, 0.25) is 0 Å². The number of fused-ring (bicyclic) bond motifs is 1. The molecule has 0 saturated heterocycles. The highest BCUT2D eigenvalue weighted by Gasteiger charge is 2.36. The number of methoxy groups -OCH3 is 1. The third-order valence-electron chi connectivity index (χ3n) is 6.26. The molecule has 0 bridgehead atoms. The van der Waals surface area contributed by atoms with Crippen LogP contribution in [0.4, 0.5) is 11.4 Å². The Labute approximate surface area is 233 Å². The summed E-state index contributed by atoms with van der Waals surface area (Å²) in [4.78, 5) is 41.2. The van der Waals surface area contributed by atoms with Crippen molar-refractivity contribution >= 4 is 40.6 Å². The van der Waals surface area contributed by atoms with Gasteiger partial charge in [-0.25, -0.2) is 0 Å². The topological polar surface area (TPSA) is 159 Å². The molecule has 3 amide bonds. The van der Waals surface area contributed by atoms with Crippen LogP contribution in [0.5, 0.6) is 17.2 Å². The second-order valence-electron chi connectivity index (χ2n) is 8.73. The van der Waals surface area contributed by atoms with Gasteiger partial charge < -0.3 is 31.0 Å². The van der Waals surface area contributed by atoms with Gasteiger partial charge in [0.15, 0.2) is 17.2 Å². The maximum Gasteiger partial charge on any atom is 0.273 e. The lowest BCUT2D eigenvalue weighted by Gasteiger charge is -2.31. The number of primary amides is 1. The molecule has 0 aliphatic carbocycles. The number of hydrogen-bond donors (Lipinski definition) is 3. The van der Waals surface area contributed by atoms with Gasteiger partial charge in [-0.1, -0.05) is 42.5 Å². The lowest BCUT2D eigenvalue weighted by atomic mass is 10.0. The van der Waals surface area contributed by atoms with Crippen LogP contribution in [0.3, 0.4) is 0 Å². The number of aromatic nitrogens is 1. The van der Waals surface area contributed by atoms with Crippen molar-refractivity contribution in [2.45, 2.75) is 12.6 Å². The first-order valence-corrected chi connectivity index (χ1v) is 12.9. The molecule has 0 spiro atoms. The summed E-state index contributed by atoms with van der Waals surface area (Å²) in [5, 5.41) is 2.94. The summed E-state index contributed by atoms with van der Waals surface area (Å²) >= 11 is 0.727. The van der Waals surface area contributed by atoms with Crippen LogP contribution in [0, 0.1) is 0 Å². The van der Waals surface area contributed by atoms with Gasteiger partial charge in [-0.2, -0.15) is 4.37 Å². The highest BCUT2D eigenvalue weighted by Crippen LogP contribution is 2.40. The maximum atomic E-state index is 14.2. The average Bonchev–Trinajstić information content (AvgIpc) is 3.61. The lowest BCUT2D eigenvalue weighted by Crippen LogP contribution is -2.44. The zero-order valence-corrected chi connectivity index (χ0v) is 22.1. The molecule has 5 rings (SSSR count). The van der Waals surface area contributed by atoms with Gasteiger partial charge >= 0.3 is 0 Å². The Bertz CT molecular complexity index is 1560. The number of nitrogens with two attached hydrogens (primary N) is 2. The van der Waals surface area contributed by atoms with Crippen LogP contribution in [-0.2, 0) is 11.3 Å². The fourth-order valence-corrected chi connectivity index (χ4v) is 4.99. The molecule has 40 heavy (non-hydrogen) atoms. The van der Waals surface area contributed by atoms with Crippen LogP contribution < -0.4 is 35.9 Å². The molecule has 2 heterocycles. The molecule has 0 radical (unpaired) electrons. The Kier molecular flexibility index (Phi) is 7.51. The van der Waals surface area contributed by atoms with Crippen molar-refractivity contribution in [3.05, 3.63) is 94.5 Å². The monoisotopic (exact) mass is 559 g/mol. The third-order valence-corrected chi connectivity index (χ3v) is 7.11. The van der Waals surface area contributed by atoms with Crippen molar-refractivity contribution in [3.8, 4) is 17.2 Å². The van der Waals surface area contributed by atoms with E-state index in [4.69, 9.17) is 25.7 Å². The van der Waals surface area contributed by atoms with Gasteiger partial charge in [0.1, 0.15) is 16.7 Å². The van der Waals surface area contributed by atoms with E-state index in [0.717, 1.165) is 17.1 Å². The zero-order valence-electron chi connectivity index (χ0n) is 21.3. The average molecular weight is 560 g/mol. The van der Waals surface area contributed by atoms with Crippen LogP contribution in [-0.4, -0.2) is 36.0 Å². The first-order valence-electron chi connectivity index (χ1n) is 12.1. The second-order valence-corrected chi connectivity index (χ2v) is 9.50. The standard InChI is InChI=1S/C28H25N5O6S/c1-37-19-10-7-17(8-11-19)24(27(35)31-14-16-5-3-2-4-6-16)33(18-9-12-20-21(13-18)39-15-38-20)28(36)25-22(29)23(26(30)34)32-40-25/h2-13,24H,14-15,29H2,1H3,(H2,30,34)(H,31,35)/t24-/m1/s1. The predicted molar refractivity (Wildman–Crippen MR) is 148 cm³/mol. The minimum atomic E-state index is -1.17. The van der Waals surface area contributed by atoms with E-state index in [2.05, 4.69) is 9.69 Å². The number of nitrogen functional groups attached to an aromatic ring is 1. The van der Waals surface area contributed by atoms with Crippen molar-refractivity contribution < 1.29 is 28.6 Å².